The first-order valence-electron chi connectivity index (χ1n) is 7.42. The summed E-state index contributed by atoms with van der Waals surface area (Å²) in [6.07, 6.45) is 1.82. The van der Waals surface area contributed by atoms with Crippen LogP contribution in [0.4, 0.5) is 5.69 Å². The summed E-state index contributed by atoms with van der Waals surface area (Å²) in [6, 6.07) is 10.1. The second-order valence-corrected chi connectivity index (χ2v) is 6.70. The number of nitrogens with zero attached hydrogens (tertiary/aromatic N) is 1. The molecule has 3 nitrogen and oxygen atoms in total. The third-order valence-corrected chi connectivity index (χ3v) is 4.37. The maximum Gasteiger partial charge on any atom is 0.234 e. The van der Waals surface area contributed by atoms with E-state index in [9.17, 15) is 4.79 Å². The number of hydrogen-bond donors (Lipinski definition) is 1. The van der Waals surface area contributed by atoms with E-state index in [-0.39, 0.29) is 5.91 Å². The Balaban J connectivity index is 2.02. The van der Waals surface area contributed by atoms with Gasteiger partial charge in [-0.3, -0.25) is 4.79 Å². The zero-order chi connectivity index (χ0) is 16.1. The number of thioether (sulfide) groups is 1. The van der Waals surface area contributed by atoms with E-state index in [1.165, 1.54) is 17.3 Å². The number of aromatic nitrogens is 1. The van der Waals surface area contributed by atoms with E-state index in [0.29, 0.717) is 11.7 Å². The molecule has 0 fully saturated rings. The van der Waals surface area contributed by atoms with Crippen LogP contribution in [0.2, 0.25) is 0 Å². The van der Waals surface area contributed by atoms with Gasteiger partial charge in [0.05, 0.1) is 10.8 Å². The van der Waals surface area contributed by atoms with Gasteiger partial charge in [-0.2, -0.15) is 0 Å². The zero-order valence-corrected chi connectivity index (χ0v) is 14.3. The lowest BCUT2D eigenvalue weighted by Gasteiger charge is -2.16. The Hall–Kier alpha value is -1.81. The van der Waals surface area contributed by atoms with Crippen LogP contribution in [-0.2, 0) is 4.79 Å². The summed E-state index contributed by atoms with van der Waals surface area (Å²) in [6.45, 7) is 8.29. The fourth-order valence-electron chi connectivity index (χ4n) is 2.20. The minimum atomic E-state index is 0.00331. The van der Waals surface area contributed by atoms with Crippen LogP contribution < -0.4 is 5.32 Å². The molecule has 1 heterocycles. The Bertz CT molecular complexity index is 651. The van der Waals surface area contributed by atoms with E-state index in [0.717, 1.165) is 21.8 Å². The molecule has 2 aromatic rings. The van der Waals surface area contributed by atoms with Crippen LogP contribution in [0.15, 0.2) is 41.6 Å². The van der Waals surface area contributed by atoms with Crippen molar-refractivity contribution in [2.75, 3.05) is 11.1 Å². The lowest BCUT2D eigenvalue weighted by atomic mass is 9.98. The number of para-hydroxylation sites is 1. The molecular formula is C18H22N2OS. The first-order chi connectivity index (χ1) is 10.5. The van der Waals surface area contributed by atoms with Crippen molar-refractivity contribution >= 4 is 23.4 Å². The summed E-state index contributed by atoms with van der Waals surface area (Å²) in [7, 11) is 0. The molecule has 0 saturated carbocycles. The SMILES string of the molecule is Cc1ccc(SCC(=O)Nc2c(C)cccc2C(C)C)nc1. The van der Waals surface area contributed by atoms with Gasteiger partial charge in [-0.05, 0) is 42.5 Å². The number of aryl methyl sites for hydroxylation is 2. The van der Waals surface area contributed by atoms with Crippen LogP contribution in [0.3, 0.4) is 0 Å². The van der Waals surface area contributed by atoms with Crippen molar-refractivity contribution in [1.29, 1.82) is 0 Å². The van der Waals surface area contributed by atoms with Gasteiger partial charge in [0.15, 0.2) is 0 Å². The number of carbonyl (C=O) groups excluding carboxylic acids is 1. The monoisotopic (exact) mass is 314 g/mol. The largest absolute Gasteiger partial charge is 0.325 e. The number of rotatable bonds is 5. The van der Waals surface area contributed by atoms with E-state index in [4.69, 9.17) is 0 Å². The Kier molecular flexibility index (Phi) is 5.61. The summed E-state index contributed by atoms with van der Waals surface area (Å²) in [5, 5.41) is 3.92. The summed E-state index contributed by atoms with van der Waals surface area (Å²) in [5.41, 5.74) is 4.33. The van der Waals surface area contributed by atoms with Crippen molar-refractivity contribution in [1.82, 2.24) is 4.98 Å². The van der Waals surface area contributed by atoms with Gasteiger partial charge in [-0.15, -0.1) is 0 Å². The quantitative estimate of drug-likeness (QED) is 0.823. The Morgan fingerprint density at radius 1 is 1.23 bits per heavy atom. The first kappa shape index (κ1) is 16.6. The van der Waals surface area contributed by atoms with Gasteiger partial charge in [0.1, 0.15) is 0 Å². The number of pyridine rings is 1. The van der Waals surface area contributed by atoms with Gasteiger partial charge in [-0.1, -0.05) is 49.9 Å². The molecule has 0 bridgehead atoms. The third kappa shape index (κ3) is 4.34. The number of hydrogen-bond acceptors (Lipinski definition) is 3. The molecule has 0 spiro atoms. The van der Waals surface area contributed by atoms with E-state index < -0.39 is 0 Å². The van der Waals surface area contributed by atoms with Crippen molar-refractivity contribution in [2.24, 2.45) is 0 Å². The van der Waals surface area contributed by atoms with E-state index in [1.807, 2.05) is 44.3 Å². The third-order valence-electron chi connectivity index (χ3n) is 3.43. The molecule has 4 heteroatoms. The standard InChI is InChI=1S/C18H22N2OS/c1-12(2)15-7-5-6-14(4)18(15)20-16(21)11-22-17-9-8-13(3)10-19-17/h5-10,12H,11H2,1-4H3,(H,20,21). The molecule has 0 aliphatic heterocycles. The van der Waals surface area contributed by atoms with Crippen LogP contribution in [-0.4, -0.2) is 16.6 Å². The van der Waals surface area contributed by atoms with Crippen molar-refractivity contribution in [2.45, 2.75) is 38.6 Å². The highest BCUT2D eigenvalue weighted by atomic mass is 32.2. The van der Waals surface area contributed by atoms with Crippen molar-refractivity contribution in [3.05, 3.63) is 53.2 Å². The molecule has 0 aliphatic rings. The summed E-state index contributed by atoms with van der Waals surface area (Å²) >= 11 is 1.45. The van der Waals surface area contributed by atoms with Gasteiger partial charge in [0.25, 0.3) is 0 Å². The molecule has 1 amide bonds. The van der Waals surface area contributed by atoms with Gasteiger partial charge >= 0.3 is 0 Å². The highest BCUT2D eigenvalue weighted by molar-refractivity contribution is 7.99. The molecular weight excluding hydrogens is 292 g/mol. The molecule has 1 N–H and O–H groups in total. The van der Waals surface area contributed by atoms with Gasteiger partial charge in [0, 0.05) is 11.9 Å². The lowest BCUT2D eigenvalue weighted by molar-refractivity contribution is -0.113. The second kappa shape index (κ2) is 7.45. The van der Waals surface area contributed by atoms with E-state index in [2.05, 4.69) is 30.2 Å². The molecule has 1 aromatic carbocycles. The predicted molar refractivity (Wildman–Crippen MR) is 93.6 cm³/mol. The number of carbonyl (C=O) groups is 1. The molecule has 22 heavy (non-hydrogen) atoms. The van der Waals surface area contributed by atoms with Crippen LogP contribution in [0.25, 0.3) is 0 Å². The maximum absolute atomic E-state index is 12.2. The zero-order valence-electron chi connectivity index (χ0n) is 13.5. The fraction of sp³-hybridized carbons (Fsp3) is 0.333. The van der Waals surface area contributed by atoms with Gasteiger partial charge < -0.3 is 5.32 Å². The molecule has 1 aromatic heterocycles. The number of amides is 1. The van der Waals surface area contributed by atoms with Gasteiger partial charge in [-0.25, -0.2) is 4.98 Å². The molecule has 2 rings (SSSR count). The molecule has 0 radical (unpaired) electrons. The fourth-order valence-corrected chi connectivity index (χ4v) is 2.84. The molecule has 116 valence electrons. The highest BCUT2D eigenvalue weighted by Crippen LogP contribution is 2.27. The summed E-state index contributed by atoms with van der Waals surface area (Å²) < 4.78 is 0. The lowest BCUT2D eigenvalue weighted by Crippen LogP contribution is -2.16. The van der Waals surface area contributed by atoms with Gasteiger partial charge in [0.2, 0.25) is 5.91 Å². The van der Waals surface area contributed by atoms with E-state index in [1.54, 1.807) is 0 Å². The molecule has 0 aliphatic carbocycles. The maximum atomic E-state index is 12.2. The minimum Gasteiger partial charge on any atom is -0.325 e. The van der Waals surface area contributed by atoms with Crippen molar-refractivity contribution in [3.8, 4) is 0 Å². The molecule has 0 saturated heterocycles. The average molecular weight is 314 g/mol. The molecule has 0 atom stereocenters. The first-order valence-corrected chi connectivity index (χ1v) is 8.40. The number of benzene rings is 1. The predicted octanol–water partition coefficient (Wildman–Crippen LogP) is 4.55. The highest BCUT2D eigenvalue weighted by Gasteiger charge is 2.12. The Labute approximate surface area is 136 Å². The van der Waals surface area contributed by atoms with Crippen LogP contribution in [0.5, 0.6) is 0 Å². The normalized spacial score (nSPS) is 10.8. The van der Waals surface area contributed by atoms with Crippen LogP contribution in [0.1, 0.15) is 36.5 Å². The number of nitrogens with one attached hydrogen (secondary N) is 1. The smallest absolute Gasteiger partial charge is 0.234 e. The average Bonchev–Trinajstić information content (AvgIpc) is 2.48. The van der Waals surface area contributed by atoms with E-state index >= 15 is 0 Å². The second-order valence-electron chi connectivity index (χ2n) is 5.70. The molecule has 0 unspecified atom stereocenters. The minimum absolute atomic E-state index is 0.00331. The van der Waals surface area contributed by atoms with Crippen LogP contribution in [0, 0.1) is 13.8 Å². The summed E-state index contributed by atoms with van der Waals surface area (Å²) in [5.74, 6) is 0.743. The van der Waals surface area contributed by atoms with Crippen molar-refractivity contribution < 1.29 is 4.79 Å². The van der Waals surface area contributed by atoms with Crippen molar-refractivity contribution in [3.63, 3.8) is 0 Å². The summed E-state index contributed by atoms with van der Waals surface area (Å²) in [4.78, 5) is 16.5. The topological polar surface area (TPSA) is 42.0 Å². The number of anilines is 1. The Morgan fingerprint density at radius 3 is 2.64 bits per heavy atom. The van der Waals surface area contributed by atoms with Crippen LogP contribution >= 0.6 is 11.8 Å². The Morgan fingerprint density at radius 2 is 2.00 bits per heavy atom.